The van der Waals surface area contributed by atoms with E-state index in [1.54, 1.807) is 0 Å². The molecule has 0 aromatic carbocycles. The van der Waals surface area contributed by atoms with Crippen LogP contribution in [0.2, 0.25) is 0 Å². The fraction of sp³-hybridized carbons (Fsp3) is 0.833. The van der Waals surface area contributed by atoms with Crippen molar-refractivity contribution in [3.8, 4) is 0 Å². The van der Waals surface area contributed by atoms with Crippen LogP contribution in [0.5, 0.6) is 0 Å². The van der Waals surface area contributed by atoms with Crippen molar-refractivity contribution in [2.24, 2.45) is 0 Å². The molecular weight excluding hydrogens is 193 g/mol. The SMILES string of the molecule is CCC(F)C(F)(F)SOC(C)=O. The molecule has 6 heteroatoms. The van der Waals surface area contributed by atoms with E-state index < -0.39 is 29.4 Å². The molecular formula is C6H9F3O2S. The molecule has 12 heavy (non-hydrogen) atoms. The van der Waals surface area contributed by atoms with Gasteiger partial charge in [-0.1, -0.05) is 6.92 Å². The minimum atomic E-state index is -3.65. The fourth-order valence-electron chi connectivity index (χ4n) is 0.404. The highest BCUT2D eigenvalue weighted by Crippen LogP contribution is 2.36. The summed E-state index contributed by atoms with van der Waals surface area (Å²) in [7, 11) is 0. The van der Waals surface area contributed by atoms with E-state index in [0.717, 1.165) is 6.92 Å². The maximum Gasteiger partial charge on any atom is 0.359 e. The quantitative estimate of drug-likeness (QED) is 0.655. The van der Waals surface area contributed by atoms with Gasteiger partial charge in [-0.15, -0.1) is 0 Å². The summed E-state index contributed by atoms with van der Waals surface area (Å²) in [5, 5.41) is -3.65. The first-order valence-corrected chi connectivity index (χ1v) is 4.02. The highest BCUT2D eigenvalue weighted by molar-refractivity contribution is 7.96. The first-order chi connectivity index (χ1) is 5.40. The van der Waals surface area contributed by atoms with Gasteiger partial charge in [0.15, 0.2) is 6.17 Å². The second-order valence-corrected chi connectivity index (χ2v) is 2.97. The van der Waals surface area contributed by atoms with Crippen molar-refractivity contribution >= 4 is 18.0 Å². The number of carbonyl (C=O) groups excluding carboxylic acids is 1. The second kappa shape index (κ2) is 4.59. The zero-order valence-electron chi connectivity index (χ0n) is 6.64. The first-order valence-electron chi connectivity index (χ1n) is 3.28. The second-order valence-electron chi connectivity index (χ2n) is 2.10. The standard InChI is InChI=1S/C6H9F3O2S/c1-3-5(7)6(8,9)12-11-4(2)10/h5H,3H2,1-2H3. The molecule has 0 N–H and O–H groups in total. The molecule has 0 rings (SSSR count). The minimum absolute atomic E-state index is 0.318. The summed E-state index contributed by atoms with van der Waals surface area (Å²) in [5.41, 5.74) is 0. The molecule has 0 aromatic rings. The lowest BCUT2D eigenvalue weighted by Crippen LogP contribution is -2.26. The van der Waals surface area contributed by atoms with Crippen LogP contribution in [0.1, 0.15) is 20.3 Å². The normalized spacial score (nSPS) is 14.1. The molecule has 0 bridgehead atoms. The summed E-state index contributed by atoms with van der Waals surface area (Å²) < 4.78 is 41.3. The van der Waals surface area contributed by atoms with E-state index in [-0.39, 0.29) is 6.42 Å². The predicted molar refractivity (Wildman–Crippen MR) is 39.5 cm³/mol. The van der Waals surface area contributed by atoms with Gasteiger partial charge < -0.3 is 4.18 Å². The van der Waals surface area contributed by atoms with Crippen molar-refractivity contribution in [3.05, 3.63) is 0 Å². The average molecular weight is 202 g/mol. The van der Waals surface area contributed by atoms with E-state index in [9.17, 15) is 18.0 Å². The Labute approximate surface area is 72.7 Å². The average Bonchev–Trinajstić information content (AvgIpc) is 1.99. The highest BCUT2D eigenvalue weighted by atomic mass is 32.2. The zero-order valence-corrected chi connectivity index (χ0v) is 7.46. The maximum atomic E-state index is 12.5. The van der Waals surface area contributed by atoms with Crippen LogP contribution in [0.25, 0.3) is 0 Å². The Morgan fingerprint density at radius 1 is 1.67 bits per heavy atom. The van der Waals surface area contributed by atoms with Crippen molar-refractivity contribution in [1.82, 2.24) is 0 Å². The lowest BCUT2D eigenvalue weighted by Gasteiger charge is -2.16. The monoisotopic (exact) mass is 202 g/mol. The maximum absolute atomic E-state index is 12.5. The molecule has 0 saturated heterocycles. The lowest BCUT2D eigenvalue weighted by molar-refractivity contribution is -0.131. The number of carbonyl (C=O) groups is 1. The molecule has 0 aromatic heterocycles. The summed E-state index contributed by atoms with van der Waals surface area (Å²) in [4.78, 5) is 10.1. The van der Waals surface area contributed by atoms with Crippen molar-refractivity contribution < 1.29 is 22.1 Å². The van der Waals surface area contributed by atoms with E-state index in [0.29, 0.717) is 0 Å². The molecule has 0 heterocycles. The lowest BCUT2D eigenvalue weighted by atomic mass is 10.3. The predicted octanol–water partition coefficient (Wildman–Crippen LogP) is 2.54. The van der Waals surface area contributed by atoms with Crippen LogP contribution in [0, 0.1) is 0 Å². The van der Waals surface area contributed by atoms with Crippen molar-refractivity contribution in [1.29, 1.82) is 0 Å². The van der Waals surface area contributed by atoms with Crippen LogP contribution in [-0.2, 0) is 8.98 Å². The number of halogens is 3. The van der Waals surface area contributed by atoms with Crippen molar-refractivity contribution in [3.63, 3.8) is 0 Å². The Bertz CT molecular complexity index is 163. The van der Waals surface area contributed by atoms with E-state index in [1.165, 1.54) is 6.92 Å². The van der Waals surface area contributed by atoms with Crippen LogP contribution in [0.3, 0.4) is 0 Å². The van der Waals surface area contributed by atoms with Gasteiger partial charge in [-0.3, -0.25) is 4.79 Å². The largest absolute Gasteiger partial charge is 0.385 e. The highest BCUT2D eigenvalue weighted by Gasteiger charge is 2.42. The number of alkyl halides is 3. The van der Waals surface area contributed by atoms with Crippen LogP contribution >= 0.6 is 12.0 Å². The van der Waals surface area contributed by atoms with Gasteiger partial charge in [0.1, 0.15) is 12.0 Å². The van der Waals surface area contributed by atoms with Gasteiger partial charge in [-0.25, -0.2) is 4.39 Å². The molecule has 0 saturated carbocycles. The summed E-state index contributed by atoms with van der Waals surface area (Å²) in [6, 6.07) is 0. The Kier molecular flexibility index (Phi) is 4.44. The molecule has 0 aliphatic carbocycles. The van der Waals surface area contributed by atoms with E-state index in [1.807, 2.05) is 0 Å². The number of hydrogen-bond donors (Lipinski definition) is 0. The van der Waals surface area contributed by atoms with E-state index in [4.69, 9.17) is 0 Å². The van der Waals surface area contributed by atoms with Gasteiger partial charge in [-0.05, 0) is 6.42 Å². The van der Waals surface area contributed by atoms with Gasteiger partial charge in [-0.2, -0.15) is 8.78 Å². The molecule has 1 atom stereocenters. The Hall–Kier alpha value is -0.390. The summed E-state index contributed by atoms with van der Waals surface area (Å²) in [6.07, 6.45) is -2.61. The number of hydrogen-bond acceptors (Lipinski definition) is 3. The van der Waals surface area contributed by atoms with Gasteiger partial charge in [0, 0.05) is 6.92 Å². The van der Waals surface area contributed by atoms with Gasteiger partial charge in [0.05, 0.1) is 0 Å². The summed E-state index contributed by atoms with van der Waals surface area (Å²) in [6.45, 7) is 2.26. The molecule has 2 nitrogen and oxygen atoms in total. The molecule has 0 aliphatic heterocycles. The first kappa shape index (κ1) is 11.6. The van der Waals surface area contributed by atoms with E-state index in [2.05, 4.69) is 4.18 Å². The third kappa shape index (κ3) is 3.85. The molecule has 0 spiro atoms. The Morgan fingerprint density at radius 2 is 2.17 bits per heavy atom. The van der Waals surface area contributed by atoms with Gasteiger partial charge >= 0.3 is 11.2 Å². The Balaban J connectivity index is 3.94. The van der Waals surface area contributed by atoms with Crippen molar-refractivity contribution in [2.75, 3.05) is 0 Å². The van der Waals surface area contributed by atoms with Crippen LogP contribution < -0.4 is 0 Å². The molecule has 1 unspecified atom stereocenters. The molecule has 0 radical (unpaired) electrons. The molecule has 72 valence electrons. The molecule has 0 fully saturated rings. The summed E-state index contributed by atoms with van der Waals surface area (Å²) >= 11 is -0.438. The minimum Gasteiger partial charge on any atom is -0.385 e. The zero-order chi connectivity index (χ0) is 9.78. The fourth-order valence-corrected chi connectivity index (χ4v) is 0.904. The third-order valence-corrected chi connectivity index (χ3v) is 1.79. The molecule has 0 aliphatic rings. The van der Waals surface area contributed by atoms with Crippen LogP contribution in [0.4, 0.5) is 13.2 Å². The summed E-state index contributed by atoms with van der Waals surface area (Å²) in [5.74, 6) is -0.872. The number of rotatable bonds is 4. The van der Waals surface area contributed by atoms with E-state index >= 15 is 0 Å². The smallest absolute Gasteiger partial charge is 0.359 e. The van der Waals surface area contributed by atoms with Crippen LogP contribution in [-0.4, -0.2) is 17.4 Å². The van der Waals surface area contributed by atoms with Gasteiger partial charge in [0.25, 0.3) is 0 Å². The van der Waals surface area contributed by atoms with Gasteiger partial charge in [0.2, 0.25) is 0 Å². The Morgan fingerprint density at radius 3 is 2.50 bits per heavy atom. The van der Waals surface area contributed by atoms with Crippen LogP contribution in [0.15, 0.2) is 0 Å². The third-order valence-electron chi connectivity index (χ3n) is 0.993. The topological polar surface area (TPSA) is 26.3 Å². The van der Waals surface area contributed by atoms with Crippen molar-refractivity contribution in [2.45, 2.75) is 31.7 Å². The molecule has 0 amide bonds.